The molecule has 9 atom stereocenters. The molecule has 4 N–H and O–H groups in total. The number of aliphatic hydroxyl groups is 3. The van der Waals surface area contributed by atoms with Crippen molar-refractivity contribution in [1.82, 2.24) is 5.32 Å². The van der Waals surface area contributed by atoms with E-state index in [1.807, 2.05) is 19.9 Å². The van der Waals surface area contributed by atoms with E-state index in [-0.39, 0.29) is 42.4 Å². The van der Waals surface area contributed by atoms with Crippen molar-refractivity contribution in [3.63, 3.8) is 0 Å². The second kappa shape index (κ2) is 13.4. The number of esters is 1. The molecular formula is C27H42ClNO8. The van der Waals surface area contributed by atoms with Crippen molar-refractivity contribution in [3.8, 4) is 0 Å². The number of amides is 1. The van der Waals surface area contributed by atoms with Gasteiger partial charge in [-0.25, -0.2) is 0 Å². The minimum atomic E-state index is -1.65. The summed E-state index contributed by atoms with van der Waals surface area (Å²) in [6, 6.07) is -0.143. The van der Waals surface area contributed by atoms with Crippen LogP contribution in [0.1, 0.15) is 60.8 Å². The molecule has 2 aliphatic rings. The molecule has 2 rings (SSSR count). The third-order valence-corrected chi connectivity index (χ3v) is 7.22. The van der Waals surface area contributed by atoms with Crippen molar-refractivity contribution in [2.45, 2.75) is 109 Å². The number of ether oxygens (including phenoxy) is 3. The quantitative estimate of drug-likeness (QED) is 0.151. The van der Waals surface area contributed by atoms with Gasteiger partial charge in [0.2, 0.25) is 5.91 Å². The Balaban J connectivity index is 1.91. The summed E-state index contributed by atoms with van der Waals surface area (Å²) in [5.74, 6) is -2.32. The second-order valence-electron chi connectivity index (χ2n) is 10.5. The molecule has 10 heteroatoms. The van der Waals surface area contributed by atoms with Crippen molar-refractivity contribution in [3.05, 3.63) is 36.0 Å². The Labute approximate surface area is 224 Å². The molecule has 210 valence electrons. The monoisotopic (exact) mass is 543 g/mol. The second-order valence-corrected chi connectivity index (χ2v) is 10.8. The van der Waals surface area contributed by atoms with Crippen LogP contribution >= 0.6 is 11.6 Å². The highest BCUT2D eigenvalue weighted by atomic mass is 35.5. The maximum absolute atomic E-state index is 12.3. The van der Waals surface area contributed by atoms with Crippen LogP contribution in [0.15, 0.2) is 36.0 Å². The molecule has 0 saturated carbocycles. The third-order valence-electron chi connectivity index (χ3n) is 6.75. The molecule has 2 saturated heterocycles. The molecule has 2 unspecified atom stereocenters. The molecule has 1 amide bonds. The van der Waals surface area contributed by atoms with E-state index in [0.29, 0.717) is 6.42 Å². The SMILES string of the molecule is CC(=O)OC(C)C=CC(=O)NC1C[C@H](C)[C@H](CC=C(C)C=C[C@H]2O[C@](C)(O)C[C@@](O)(CCl)[C@@H]2O)O[C@H]1C. The minimum Gasteiger partial charge on any atom is -0.459 e. The first-order valence-corrected chi connectivity index (χ1v) is 13.2. The number of hydrogen-bond donors (Lipinski definition) is 4. The summed E-state index contributed by atoms with van der Waals surface area (Å²) in [5, 5.41) is 34.4. The van der Waals surface area contributed by atoms with Crippen LogP contribution in [0, 0.1) is 5.92 Å². The fraction of sp³-hybridized carbons (Fsp3) is 0.704. The van der Waals surface area contributed by atoms with E-state index in [9.17, 15) is 24.9 Å². The Kier molecular flexibility index (Phi) is 11.4. The zero-order valence-corrected chi connectivity index (χ0v) is 23.3. The van der Waals surface area contributed by atoms with Gasteiger partial charge in [-0.3, -0.25) is 9.59 Å². The lowest BCUT2D eigenvalue weighted by Crippen LogP contribution is -2.61. The number of nitrogens with one attached hydrogen (secondary N) is 1. The zero-order valence-electron chi connectivity index (χ0n) is 22.5. The van der Waals surface area contributed by atoms with E-state index in [4.69, 9.17) is 25.8 Å². The maximum atomic E-state index is 12.3. The number of alkyl halides is 1. The Morgan fingerprint density at radius 1 is 1.24 bits per heavy atom. The van der Waals surface area contributed by atoms with E-state index in [0.717, 1.165) is 12.0 Å². The number of carbonyl (C=O) groups is 2. The van der Waals surface area contributed by atoms with Crippen LogP contribution in [-0.4, -0.2) is 81.0 Å². The predicted molar refractivity (Wildman–Crippen MR) is 140 cm³/mol. The molecule has 0 aromatic carbocycles. The topological polar surface area (TPSA) is 135 Å². The van der Waals surface area contributed by atoms with Gasteiger partial charge in [0.25, 0.3) is 0 Å². The summed E-state index contributed by atoms with van der Waals surface area (Å²) in [5.41, 5.74) is -0.749. The van der Waals surface area contributed by atoms with Gasteiger partial charge in [-0.15, -0.1) is 11.6 Å². The van der Waals surface area contributed by atoms with Crippen LogP contribution in [0.2, 0.25) is 0 Å². The molecule has 0 aromatic heterocycles. The molecule has 0 radical (unpaired) electrons. The van der Waals surface area contributed by atoms with Gasteiger partial charge in [0, 0.05) is 19.4 Å². The van der Waals surface area contributed by atoms with E-state index in [1.165, 1.54) is 26.0 Å². The van der Waals surface area contributed by atoms with E-state index in [2.05, 4.69) is 12.2 Å². The third kappa shape index (κ3) is 9.50. The van der Waals surface area contributed by atoms with Crippen LogP contribution in [-0.2, 0) is 23.8 Å². The van der Waals surface area contributed by atoms with Crippen molar-refractivity contribution >= 4 is 23.5 Å². The van der Waals surface area contributed by atoms with Crippen molar-refractivity contribution in [2.75, 3.05) is 5.88 Å². The molecule has 9 nitrogen and oxygen atoms in total. The summed E-state index contributed by atoms with van der Waals surface area (Å²) >= 11 is 5.85. The normalized spacial score (nSPS) is 38.1. The van der Waals surface area contributed by atoms with Crippen molar-refractivity contribution in [2.24, 2.45) is 5.92 Å². The van der Waals surface area contributed by atoms with E-state index in [1.54, 1.807) is 19.1 Å². The number of rotatable bonds is 9. The Hall–Kier alpha value is -1.75. The van der Waals surface area contributed by atoms with Crippen LogP contribution in [0.4, 0.5) is 0 Å². The molecular weight excluding hydrogens is 502 g/mol. The molecule has 0 aliphatic carbocycles. The average Bonchev–Trinajstić information content (AvgIpc) is 2.79. The molecule has 0 aromatic rings. The molecule has 2 heterocycles. The summed E-state index contributed by atoms with van der Waals surface area (Å²) in [7, 11) is 0. The lowest BCUT2D eigenvalue weighted by Gasteiger charge is -2.46. The Morgan fingerprint density at radius 3 is 2.54 bits per heavy atom. The lowest BCUT2D eigenvalue weighted by atomic mass is 9.84. The highest BCUT2D eigenvalue weighted by molar-refractivity contribution is 6.18. The number of hydrogen-bond acceptors (Lipinski definition) is 8. The van der Waals surface area contributed by atoms with Gasteiger partial charge in [0.05, 0.1) is 24.1 Å². The molecule has 2 fully saturated rings. The minimum absolute atomic E-state index is 0.0374. The van der Waals surface area contributed by atoms with Gasteiger partial charge < -0.3 is 34.8 Å². The average molecular weight is 544 g/mol. The largest absolute Gasteiger partial charge is 0.459 e. The fourth-order valence-electron chi connectivity index (χ4n) is 4.73. The first-order chi connectivity index (χ1) is 17.2. The van der Waals surface area contributed by atoms with Gasteiger partial charge >= 0.3 is 5.97 Å². The van der Waals surface area contributed by atoms with E-state index < -0.39 is 35.7 Å². The van der Waals surface area contributed by atoms with Gasteiger partial charge in [-0.1, -0.05) is 30.7 Å². The smallest absolute Gasteiger partial charge is 0.303 e. The van der Waals surface area contributed by atoms with Crippen molar-refractivity contribution in [1.29, 1.82) is 0 Å². The molecule has 37 heavy (non-hydrogen) atoms. The standard InChI is InChI=1S/C27H42ClNO8/c1-16(8-11-23-25(32)27(34,15-28)14-26(6,33)37-23)7-10-22-17(2)13-21(19(4)36-22)29-24(31)12-9-18(3)35-20(5)30/h7-9,11-12,17-19,21-23,25,32-34H,10,13-15H2,1-6H3,(H,29,31)/t17-,18?,19-,21?,22-,23+,25+,26-,27+/m0/s1. The van der Waals surface area contributed by atoms with Gasteiger partial charge in [-0.2, -0.15) is 0 Å². The number of carbonyl (C=O) groups excluding carboxylic acids is 2. The summed E-state index contributed by atoms with van der Waals surface area (Å²) in [6.07, 6.45) is 6.62. The summed E-state index contributed by atoms with van der Waals surface area (Å²) < 4.78 is 16.7. The van der Waals surface area contributed by atoms with Gasteiger partial charge in [0.1, 0.15) is 23.9 Å². The molecule has 0 bridgehead atoms. The number of aliphatic hydroxyl groups excluding tert-OH is 1. The Morgan fingerprint density at radius 2 is 1.92 bits per heavy atom. The highest BCUT2D eigenvalue weighted by Gasteiger charge is 2.51. The lowest BCUT2D eigenvalue weighted by molar-refractivity contribution is -0.302. The number of allylic oxidation sites excluding steroid dienone is 2. The van der Waals surface area contributed by atoms with Crippen LogP contribution in [0.3, 0.4) is 0 Å². The zero-order chi connectivity index (χ0) is 28.0. The van der Waals surface area contributed by atoms with E-state index >= 15 is 0 Å². The maximum Gasteiger partial charge on any atom is 0.303 e. The van der Waals surface area contributed by atoms with Crippen LogP contribution in [0.25, 0.3) is 0 Å². The van der Waals surface area contributed by atoms with Crippen LogP contribution < -0.4 is 5.32 Å². The molecule has 0 spiro atoms. The highest BCUT2D eigenvalue weighted by Crippen LogP contribution is 2.36. The van der Waals surface area contributed by atoms with Gasteiger partial charge in [0.15, 0.2) is 5.79 Å². The number of halogens is 1. The fourth-order valence-corrected chi connectivity index (χ4v) is 4.99. The summed E-state index contributed by atoms with van der Waals surface area (Å²) in [6.45, 7) is 10.3. The first kappa shape index (κ1) is 31.5. The first-order valence-electron chi connectivity index (χ1n) is 12.7. The van der Waals surface area contributed by atoms with Crippen LogP contribution in [0.5, 0.6) is 0 Å². The van der Waals surface area contributed by atoms with Gasteiger partial charge in [-0.05, 0) is 52.5 Å². The Bertz CT molecular complexity index is 888. The predicted octanol–water partition coefficient (Wildman–Crippen LogP) is 2.51. The molecule has 2 aliphatic heterocycles. The van der Waals surface area contributed by atoms with Crippen molar-refractivity contribution < 1.29 is 39.1 Å². The summed E-state index contributed by atoms with van der Waals surface area (Å²) in [4.78, 5) is 23.3.